The fourth-order valence-electron chi connectivity index (χ4n) is 3.54. The normalized spacial score (nSPS) is 16.5. The molecule has 31 heavy (non-hydrogen) atoms. The maximum atomic E-state index is 12.9. The number of nitrogens with one attached hydrogen (secondary N) is 1. The second-order valence-electron chi connectivity index (χ2n) is 8.61. The first kappa shape index (κ1) is 20.6. The average molecular weight is 422 g/mol. The molecule has 1 aliphatic rings. The highest BCUT2D eigenvalue weighted by Crippen LogP contribution is 2.22. The fourth-order valence-corrected chi connectivity index (χ4v) is 3.54. The van der Waals surface area contributed by atoms with Gasteiger partial charge in [0.15, 0.2) is 11.4 Å². The number of nitrogens with two attached hydrogens (primary N) is 1. The molecule has 3 aromatic rings. The lowest BCUT2D eigenvalue weighted by Crippen LogP contribution is -2.36. The summed E-state index contributed by atoms with van der Waals surface area (Å²) in [5, 5.41) is 7.54. The highest BCUT2D eigenvalue weighted by molar-refractivity contribution is 6.12. The van der Waals surface area contributed by atoms with Gasteiger partial charge in [-0.3, -0.25) is 4.79 Å². The molecule has 0 aliphatic carbocycles. The van der Waals surface area contributed by atoms with Gasteiger partial charge < -0.3 is 20.7 Å². The van der Waals surface area contributed by atoms with Gasteiger partial charge >= 0.3 is 6.09 Å². The van der Waals surface area contributed by atoms with E-state index in [0.717, 1.165) is 6.42 Å². The lowest BCUT2D eigenvalue weighted by molar-refractivity contribution is 0.0293. The minimum Gasteiger partial charge on any atom is -0.444 e. The number of ether oxygens (including phenoxy) is 1. The van der Waals surface area contributed by atoms with Crippen molar-refractivity contribution in [2.45, 2.75) is 38.8 Å². The van der Waals surface area contributed by atoms with Crippen molar-refractivity contribution in [1.82, 2.24) is 19.5 Å². The standard InChI is InChI=1S/C22H26N6O3/c1-22(2,3)31-21(30)27-10-9-15(13-27)25-18-11-17(23)28-20(26-18)16(12-24-28)19(29)14-7-5-4-6-8-14/h4-8,11-12,15H,9-10,13,23H2,1-3H3,(H,25,26)/t15-/m0/s1. The predicted molar refractivity (Wildman–Crippen MR) is 117 cm³/mol. The zero-order valence-corrected chi connectivity index (χ0v) is 17.8. The molecule has 1 saturated heterocycles. The van der Waals surface area contributed by atoms with Crippen molar-refractivity contribution in [3.8, 4) is 0 Å². The molecule has 9 nitrogen and oxygen atoms in total. The van der Waals surface area contributed by atoms with Gasteiger partial charge in [0.25, 0.3) is 0 Å². The highest BCUT2D eigenvalue weighted by atomic mass is 16.6. The molecule has 0 radical (unpaired) electrons. The Bertz CT molecular complexity index is 1120. The van der Waals surface area contributed by atoms with E-state index in [2.05, 4.69) is 15.4 Å². The minimum atomic E-state index is -0.534. The van der Waals surface area contributed by atoms with Gasteiger partial charge in [-0.05, 0) is 27.2 Å². The van der Waals surface area contributed by atoms with Crippen molar-refractivity contribution < 1.29 is 14.3 Å². The number of likely N-dealkylation sites (tertiary alicyclic amines) is 1. The Labute approximate surface area is 180 Å². The van der Waals surface area contributed by atoms with E-state index in [-0.39, 0.29) is 17.9 Å². The summed E-state index contributed by atoms with van der Waals surface area (Å²) >= 11 is 0. The van der Waals surface area contributed by atoms with E-state index < -0.39 is 5.60 Å². The number of benzene rings is 1. The van der Waals surface area contributed by atoms with E-state index in [4.69, 9.17) is 10.5 Å². The number of ketones is 1. The van der Waals surface area contributed by atoms with Crippen LogP contribution in [0.15, 0.2) is 42.6 Å². The second kappa shape index (κ2) is 7.90. The molecule has 1 fully saturated rings. The van der Waals surface area contributed by atoms with Crippen LogP contribution in [0.4, 0.5) is 16.4 Å². The first-order valence-electron chi connectivity index (χ1n) is 10.2. The summed E-state index contributed by atoms with van der Waals surface area (Å²) in [5.74, 6) is 0.724. The molecule has 162 valence electrons. The maximum Gasteiger partial charge on any atom is 0.410 e. The van der Waals surface area contributed by atoms with Gasteiger partial charge in [-0.2, -0.15) is 9.61 Å². The summed E-state index contributed by atoms with van der Waals surface area (Å²) in [5.41, 5.74) is 6.94. The van der Waals surface area contributed by atoms with Crippen LogP contribution in [0.5, 0.6) is 0 Å². The number of carbonyl (C=O) groups is 2. The SMILES string of the molecule is CC(C)(C)OC(=O)N1CC[C@H](Nc2cc(N)n3ncc(C(=O)c4ccccc4)c3n2)C1. The second-order valence-corrected chi connectivity index (χ2v) is 8.61. The lowest BCUT2D eigenvalue weighted by atomic mass is 10.1. The van der Waals surface area contributed by atoms with Crippen LogP contribution in [0.25, 0.3) is 5.65 Å². The smallest absolute Gasteiger partial charge is 0.410 e. The van der Waals surface area contributed by atoms with Gasteiger partial charge in [-0.25, -0.2) is 9.78 Å². The van der Waals surface area contributed by atoms with Crippen LogP contribution < -0.4 is 11.1 Å². The minimum absolute atomic E-state index is 0.00179. The van der Waals surface area contributed by atoms with Crippen LogP contribution in [0, 0.1) is 0 Å². The van der Waals surface area contributed by atoms with Crippen LogP contribution in [0.2, 0.25) is 0 Å². The van der Waals surface area contributed by atoms with Crippen molar-refractivity contribution in [2.75, 3.05) is 24.1 Å². The van der Waals surface area contributed by atoms with E-state index in [1.165, 1.54) is 10.7 Å². The Hall–Kier alpha value is -3.62. The maximum absolute atomic E-state index is 12.9. The highest BCUT2D eigenvalue weighted by Gasteiger charge is 2.30. The van der Waals surface area contributed by atoms with Gasteiger partial charge in [-0.1, -0.05) is 30.3 Å². The molecule has 1 atom stereocenters. The third-order valence-electron chi connectivity index (χ3n) is 4.97. The van der Waals surface area contributed by atoms with Crippen molar-refractivity contribution in [3.63, 3.8) is 0 Å². The fraction of sp³-hybridized carbons (Fsp3) is 0.364. The number of amides is 1. The monoisotopic (exact) mass is 422 g/mol. The molecule has 0 bridgehead atoms. The van der Waals surface area contributed by atoms with Crippen molar-refractivity contribution in [1.29, 1.82) is 0 Å². The van der Waals surface area contributed by atoms with Crippen molar-refractivity contribution in [3.05, 3.63) is 53.7 Å². The summed E-state index contributed by atoms with van der Waals surface area (Å²) in [6.07, 6.45) is 1.91. The molecule has 2 aromatic heterocycles. The molecule has 3 N–H and O–H groups in total. The zero-order chi connectivity index (χ0) is 22.2. The Morgan fingerprint density at radius 1 is 1.23 bits per heavy atom. The molecule has 3 heterocycles. The third kappa shape index (κ3) is 4.45. The van der Waals surface area contributed by atoms with Crippen molar-refractivity contribution in [2.24, 2.45) is 0 Å². The van der Waals surface area contributed by atoms with E-state index in [0.29, 0.717) is 41.5 Å². The summed E-state index contributed by atoms with van der Waals surface area (Å²) in [7, 11) is 0. The van der Waals surface area contributed by atoms with Crippen molar-refractivity contribution >= 4 is 29.2 Å². The molecule has 9 heteroatoms. The quantitative estimate of drug-likeness (QED) is 0.621. The lowest BCUT2D eigenvalue weighted by Gasteiger charge is -2.24. The number of fused-ring (bicyclic) bond motifs is 1. The third-order valence-corrected chi connectivity index (χ3v) is 4.97. The van der Waals surface area contributed by atoms with E-state index in [1.54, 1.807) is 23.1 Å². The predicted octanol–water partition coefficient (Wildman–Crippen LogP) is 2.96. The van der Waals surface area contributed by atoms with Crippen LogP contribution >= 0.6 is 0 Å². The zero-order valence-electron chi connectivity index (χ0n) is 17.8. The van der Waals surface area contributed by atoms with E-state index >= 15 is 0 Å². The molecule has 1 aromatic carbocycles. The molecule has 0 spiro atoms. The topological polar surface area (TPSA) is 115 Å². The van der Waals surface area contributed by atoms with E-state index in [1.807, 2.05) is 39.0 Å². The molecule has 1 aliphatic heterocycles. The van der Waals surface area contributed by atoms with E-state index in [9.17, 15) is 9.59 Å². The van der Waals surface area contributed by atoms with Gasteiger partial charge in [0.1, 0.15) is 17.2 Å². The van der Waals surface area contributed by atoms with Crippen LogP contribution in [-0.4, -0.2) is 56.1 Å². The first-order valence-corrected chi connectivity index (χ1v) is 10.2. The number of aromatic nitrogens is 3. The van der Waals surface area contributed by atoms with Crippen LogP contribution in [0.3, 0.4) is 0 Å². The number of nitrogen functional groups attached to an aromatic ring is 1. The molecule has 0 unspecified atom stereocenters. The van der Waals surface area contributed by atoms with Gasteiger partial charge in [0.2, 0.25) is 0 Å². The molecule has 0 saturated carbocycles. The molecular formula is C22H26N6O3. The largest absolute Gasteiger partial charge is 0.444 e. The first-order chi connectivity index (χ1) is 14.7. The summed E-state index contributed by atoms with van der Waals surface area (Å²) in [6.45, 7) is 6.63. The van der Waals surface area contributed by atoms with Gasteiger partial charge in [0, 0.05) is 30.8 Å². The number of hydrogen-bond donors (Lipinski definition) is 2. The Morgan fingerprint density at radius 2 is 1.97 bits per heavy atom. The number of carbonyl (C=O) groups excluding carboxylic acids is 2. The number of hydrogen-bond acceptors (Lipinski definition) is 7. The molecule has 1 amide bonds. The molecular weight excluding hydrogens is 396 g/mol. The number of rotatable bonds is 4. The molecule has 4 rings (SSSR count). The Balaban J connectivity index is 1.53. The van der Waals surface area contributed by atoms with Gasteiger partial charge in [0.05, 0.1) is 11.8 Å². The van der Waals surface area contributed by atoms with Crippen LogP contribution in [0.1, 0.15) is 43.1 Å². The summed E-state index contributed by atoms with van der Waals surface area (Å²) < 4.78 is 6.89. The summed E-state index contributed by atoms with van der Waals surface area (Å²) in [4.78, 5) is 31.5. The summed E-state index contributed by atoms with van der Waals surface area (Å²) in [6, 6.07) is 10.6. The van der Waals surface area contributed by atoms with Gasteiger partial charge in [-0.15, -0.1) is 0 Å². The van der Waals surface area contributed by atoms with Crippen LogP contribution in [-0.2, 0) is 4.74 Å². The Kier molecular flexibility index (Phi) is 5.26. The average Bonchev–Trinajstić information content (AvgIpc) is 3.34. The Morgan fingerprint density at radius 3 is 2.68 bits per heavy atom. The number of anilines is 2. The number of nitrogens with zero attached hydrogens (tertiary/aromatic N) is 4.